The molecule has 0 amide bonds. The van der Waals surface area contributed by atoms with Gasteiger partial charge < -0.3 is 10.2 Å². The number of rotatable bonds is 2. The maximum atomic E-state index is 9.91. The van der Waals surface area contributed by atoms with Crippen LogP contribution in [-0.2, 0) is 5.41 Å². The molecule has 2 aromatic rings. The Labute approximate surface area is 113 Å². The molecule has 0 bridgehead atoms. The number of nitriles is 1. The summed E-state index contributed by atoms with van der Waals surface area (Å²) in [5.74, 6) is 0.358. The van der Waals surface area contributed by atoms with E-state index in [9.17, 15) is 5.11 Å². The number of hydrogen-bond acceptors (Lipinski definition) is 3. The van der Waals surface area contributed by atoms with Gasteiger partial charge in [-0.05, 0) is 11.6 Å². The molecule has 19 heavy (non-hydrogen) atoms. The number of phenolic OH excluding ortho intramolecular Hbond substituents is 1. The van der Waals surface area contributed by atoms with Crippen molar-refractivity contribution in [2.24, 2.45) is 0 Å². The predicted octanol–water partition coefficient (Wildman–Crippen LogP) is 3.56. The van der Waals surface area contributed by atoms with Crippen molar-refractivity contribution >= 4 is 0 Å². The molecule has 2 rings (SSSR count). The number of para-hydroxylation sites is 1. The van der Waals surface area contributed by atoms with E-state index >= 15 is 0 Å². The van der Waals surface area contributed by atoms with E-state index in [4.69, 9.17) is 10.4 Å². The van der Waals surface area contributed by atoms with Gasteiger partial charge in [0.05, 0.1) is 0 Å². The first kappa shape index (κ1) is 14.6. The van der Waals surface area contributed by atoms with Crippen molar-refractivity contribution in [2.75, 3.05) is 0 Å². The molecule has 0 radical (unpaired) electrons. The molecule has 98 valence electrons. The van der Waals surface area contributed by atoms with Crippen LogP contribution in [0.5, 0.6) is 5.75 Å². The number of aliphatic hydroxyl groups excluding tert-OH is 1. The smallest absolute Gasteiger partial charge is 0.283 e. The van der Waals surface area contributed by atoms with E-state index < -0.39 is 0 Å². The fourth-order valence-electron chi connectivity index (χ4n) is 2.01. The molecule has 3 nitrogen and oxygen atoms in total. The number of phenols is 1. The van der Waals surface area contributed by atoms with Gasteiger partial charge in [-0.3, -0.25) is 0 Å². The van der Waals surface area contributed by atoms with Crippen LogP contribution in [0.2, 0.25) is 0 Å². The molecule has 0 unspecified atom stereocenters. The summed E-state index contributed by atoms with van der Waals surface area (Å²) in [5.41, 5.74) is 1.99. The second-order valence-corrected chi connectivity index (χ2v) is 4.61. The molecule has 0 fully saturated rings. The summed E-state index contributed by atoms with van der Waals surface area (Å²) in [6, 6.07) is 17.7. The third-order valence-electron chi connectivity index (χ3n) is 3.07. The molecule has 0 atom stereocenters. The lowest BCUT2D eigenvalue weighted by Crippen LogP contribution is -2.18. The average Bonchev–Trinajstić information content (AvgIpc) is 2.41. The van der Waals surface area contributed by atoms with Gasteiger partial charge in [-0.15, -0.1) is 0 Å². The van der Waals surface area contributed by atoms with Crippen molar-refractivity contribution in [1.82, 2.24) is 0 Å². The van der Waals surface area contributed by atoms with Crippen LogP contribution in [0.15, 0.2) is 54.6 Å². The summed E-state index contributed by atoms with van der Waals surface area (Å²) in [4.78, 5) is 0. The summed E-state index contributed by atoms with van der Waals surface area (Å²) in [5, 5.41) is 23.7. The van der Waals surface area contributed by atoms with Crippen LogP contribution in [0.3, 0.4) is 0 Å². The van der Waals surface area contributed by atoms with E-state index in [0.717, 1.165) is 11.8 Å². The highest BCUT2D eigenvalue weighted by molar-refractivity contribution is 5.44. The zero-order valence-electron chi connectivity index (χ0n) is 11.0. The third kappa shape index (κ3) is 3.49. The number of benzene rings is 2. The van der Waals surface area contributed by atoms with Gasteiger partial charge in [-0.2, -0.15) is 5.26 Å². The van der Waals surface area contributed by atoms with E-state index in [2.05, 4.69) is 26.0 Å². The minimum atomic E-state index is -0.174. The molecule has 0 aliphatic rings. The summed E-state index contributed by atoms with van der Waals surface area (Å²) < 4.78 is 0. The van der Waals surface area contributed by atoms with Crippen LogP contribution >= 0.6 is 0 Å². The Morgan fingerprint density at radius 3 is 1.95 bits per heavy atom. The fourth-order valence-corrected chi connectivity index (χ4v) is 2.01. The van der Waals surface area contributed by atoms with Crippen LogP contribution < -0.4 is 0 Å². The first-order valence-corrected chi connectivity index (χ1v) is 5.91. The molecule has 0 aromatic heterocycles. The molecule has 0 heterocycles. The lowest BCUT2D eigenvalue weighted by Gasteiger charge is -2.26. The summed E-state index contributed by atoms with van der Waals surface area (Å²) in [6.07, 6.45) is 0.750. The van der Waals surface area contributed by atoms with Gasteiger partial charge in [0.2, 0.25) is 0 Å². The molecule has 0 spiro atoms. The van der Waals surface area contributed by atoms with Gasteiger partial charge in [0.15, 0.2) is 0 Å². The molecule has 0 aliphatic heterocycles. The highest BCUT2D eigenvalue weighted by Crippen LogP contribution is 2.36. The van der Waals surface area contributed by atoms with E-state index in [1.165, 1.54) is 5.56 Å². The van der Waals surface area contributed by atoms with Crippen molar-refractivity contribution in [2.45, 2.75) is 19.3 Å². The second kappa shape index (κ2) is 6.46. The minimum Gasteiger partial charge on any atom is -0.508 e. The fraction of sp³-hybridized carbons (Fsp3) is 0.188. The Morgan fingerprint density at radius 1 is 0.947 bits per heavy atom. The van der Waals surface area contributed by atoms with Crippen LogP contribution in [-0.4, -0.2) is 10.2 Å². The van der Waals surface area contributed by atoms with E-state index in [1.807, 2.05) is 36.4 Å². The van der Waals surface area contributed by atoms with Crippen molar-refractivity contribution in [3.05, 3.63) is 65.7 Å². The van der Waals surface area contributed by atoms with Gasteiger partial charge >= 0.3 is 0 Å². The summed E-state index contributed by atoms with van der Waals surface area (Å²) >= 11 is 0. The predicted molar refractivity (Wildman–Crippen MR) is 74.2 cm³/mol. The van der Waals surface area contributed by atoms with Crippen LogP contribution in [0, 0.1) is 11.5 Å². The first-order chi connectivity index (χ1) is 9.04. The Kier molecular flexibility index (Phi) is 4.96. The Bertz CT molecular complexity index is 556. The van der Waals surface area contributed by atoms with Crippen LogP contribution in [0.4, 0.5) is 0 Å². The molecule has 0 saturated carbocycles. The summed E-state index contributed by atoms with van der Waals surface area (Å²) in [7, 11) is 0. The molecule has 0 aliphatic carbocycles. The van der Waals surface area contributed by atoms with Crippen LogP contribution in [0.25, 0.3) is 0 Å². The molecular weight excluding hydrogens is 238 g/mol. The first-order valence-electron chi connectivity index (χ1n) is 5.91. The monoisotopic (exact) mass is 255 g/mol. The van der Waals surface area contributed by atoms with E-state index in [0.29, 0.717) is 5.75 Å². The zero-order chi connectivity index (χ0) is 14.3. The highest BCUT2D eigenvalue weighted by Gasteiger charge is 2.25. The second-order valence-electron chi connectivity index (χ2n) is 4.61. The topological polar surface area (TPSA) is 64.2 Å². The molecule has 2 aromatic carbocycles. The maximum absolute atomic E-state index is 9.91. The highest BCUT2D eigenvalue weighted by atomic mass is 16.3. The SMILES string of the molecule is CC(C)(c1ccccc1)c1ccccc1O.N#CO. The van der Waals surface area contributed by atoms with Crippen molar-refractivity contribution in [3.63, 3.8) is 0 Å². The zero-order valence-corrected chi connectivity index (χ0v) is 11.0. The quantitative estimate of drug-likeness (QED) is 0.806. The van der Waals surface area contributed by atoms with Crippen LogP contribution in [0.1, 0.15) is 25.0 Å². The van der Waals surface area contributed by atoms with Gasteiger partial charge in [0, 0.05) is 11.0 Å². The Balaban J connectivity index is 0.000000550. The number of aliphatic hydroxyl groups is 1. The van der Waals surface area contributed by atoms with Gasteiger partial charge in [0.25, 0.3) is 6.26 Å². The lowest BCUT2D eigenvalue weighted by atomic mass is 9.78. The number of aromatic hydroxyl groups is 1. The maximum Gasteiger partial charge on any atom is 0.283 e. The molecule has 3 heteroatoms. The standard InChI is InChI=1S/C15H16O.CHNO/c1-15(2,12-8-4-3-5-9-12)13-10-6-7-11-14(13)16;2-1-3/h3-11,16H,1-2H3;3H. The number of nitrogens with zero attached hydrogens (tertiary/aromatic N) is 1. The minimum absolute atomic E-state index is 0.174. The van der Waals surface area contributed by atoms with Crippen molar-refractivity contribution in [3.8, 4) is 12.0 Å². The lowest BCUT2D eigenvalue weighted by molar-refractivity contribution is 0.453. The number of hydrogen-bond donors (Lipinski definition) is 2. The molecule has 0 saturated heterocycles. The third-order valence-corrected chi connectivity index (χ3v) is 3.07. The Morgan fingerprint density at radius 2 is 1.42 bits per heavy atom. The van der Waals surface area contributed by atoms with Gasteiger partial charge in [-0.1, -0.05) is 62.4 Å². The van der Waals surface area contributed by atoms with Gasteiger partial charge in [0.1, 0.15) is 5.75 Å². The van der Waals surface area contributed by atoms with E-state index in [1.54, 1.807) is 6.07 Å². The largest absolute Gasteiger partial charge is 0.508 e. The van der Waals surface area contributed by atoms with Crippen molar-refractivity contribution < 1.29 is 10.2 Å². The average molecular weight is 255 g/mol. The van der Waals surface area contributed by atoms with Gasteiger partial charge in [-0.25, -0.2) is 0 Å². The molecular formula is C16H17NO2. The van der Waals surface area contributed by atoms with E-state index in [-0.39, 0.29) is 5.41 Å². The Hall–Kier alpha value is -2.47. The normalized spacial score (nSPS) is 9.95. The van der Waals surface area contributed by atoms with Crippen molar-refractivity contribution in [1.29, 1.82) is 5.26 Å². The molecule has 2 N–H and O–H groups in total. The summed E-state index contributed by atoms with van der Waals surface area (Å²) in [6.45, 7) is 4.24.